The van der Waals surface area contributed by atoms with Crippen LogP contribution in [0, 0.1) is 11.7 Å². The van der Waals surface area contributed by atoms with Crippen molar-refractivity contribution in [3.63, 3.8) is 0 Å². The molecule has 2 aliphatic rings. The normalized spacial score (nSPS) is 18.7. The molecule has 0 bridgehead atoms. The van der Waals surface area contributed by atoms with Gasteiger partial charge in [-0.05, 0) is 73.7 Å². The van der Waals surface area contributed by atoms with Crippen LogP contribution in [0.3, 0.4) is 0 Å². The number of aromatic nitrogens is 1. The van der Waals surface area contributed by atoms with E-state index in [1.165, 1.54) is 18.2 Å². The summed E-state index contributed by atoms with van der Waals surface area (Å²) < 4.78 is 22.4. The van der Waals surface area contributed by atoms with Crippen LogP contribution in [0.4, 0.5) is 10.1 Å². The zero-order valence-corrected chi connectivity index (χ0v) is 23.2. The molecule has 1 saturated heterocycles. The average Bonchev–Trinajstić information content (AvgIpc) is 3.64. The van der Waals surface area contributed by atoms with E-state index in [9.17, 15) is 9.59 Å². The molecule has 0 spiro atoms. The molecule has 2 aromatic heterocycles. The molecule has 206 valence electrons. The second-order valence-corrected chi connectivity index (χ2v) is 10.9. The Morgan fingerprint density at radius 3 is 2.65 bits per heavy atom. The van der Waals surface area contributed by atoms with Crippen LogP contribution in [0.1, 0.15) is 53.5 Å². The Morgan fingerprint density at radius 1 is 1.05 bits per heavy atom. The average molecular weight is 540 g/mol. The number of amides is 1. The van der Waals surface area contributed by atoms with Crippen molar-refractivity contribution in [2.45, 2.75) is 39.2 Å². The van der Waals surface area contributed by atoms with E-state index in [0.29, 0.717) is 37.2 Å². The number of benzene rings is 2. The quantitative estimate of drug-likeness (QED) is 0.289. The number of hydrogen-bond donors (Lipinski definition) is 0. The maximum Gasteiger partial charge on any atom is 0.310 e. The Hall–Kier alpha value is -4.13. The predicted octanol–water partition coefficient (Wildman–Crippen LogP) is 6.07. The van der Waals surface area contributed by atoms with Crippen molar-refractivity contribution in [2.24, 2.45) is 5.92 Å². The van der Waals surface area contributed by atoms with Gasteiger partial charge in [0.2, 0.25) is 0 Å². The number of nitrogens with zero attached hydrogens (tertiary/aromatic N) is 3. The number of rotatable bonds is 5. The van der Waals surface area contributed by atoms with E-state index in [4.69, 9.17) is 4.74 Å². The molecule has 0 saturated carbocycles. The van der Waals surface area contributed by atoms with E-state index in [0.717, 1.165) is 35.3 Å². The van der Waals surface area contributed by atoms with Crippen molar-refractivity contribution < 1.29 is 18.7 Å². The molecule has 0 aliphatic carbocycles. The molecule has 6 rings (SSSR count). The van der Waals surface area contributed by atoms with Crippen LogP contribution in [0.15, 0.2) is 66.9 Å². The molecule has 2 aromatic carbocycles. The number of halogens is 1. The maximum atomic E-state index is 15.4. The fourth-order valence-electron chi connectivity index (χ4n) is 6.34. The number of methoxy groups -OCH3 is 1. The Labute approximate surface area is 234 Å². The van der Waals surface area contributed by atoms with E-state index in [1.807, 2.05) is 46.3 Å². The monoisotopic (exact) mass is 539 g/mol. The van der Waals surface area contributed by atoms with Crippen molar-refractivity contribution >= 4 is 23.1 Å². The molecule has 2 atom stereocenters. The SMILES string of the molecule is CCc1cc(C(=O)N2CCc3ccccc3[C@H]2C)cc2cc(-c3ccc(N4CC[C@H](C(=O)OC)C4)cc3F)cn12. The van der Waals surface area contributed by atoms with Crippen molar-refractivity contribution in [3.8, 4) is 11.1 Å². The van der Waals surface area contributed by atoms with Gasteiger partial charge < -0.3 is 18.9 Å². The Bertz CT molecular complexity index is 1610. The highest BCUT2D eigenvalue weighted by atomic mass is 19.1. The molecule has 7 heteroatoms. The lowest BCUT2D eigenvalue weighted by Gasteiger charge is -2.35. The number of esters is 1. The third kappa shape index (κ3) is 4.53. The molecule has 6 nitrogen and oxygen atoms in total. The van der Waals surface area contributed by atoms with Gasteiger partial charge in [-0.15, -0.1) is 0 Å². The summed E-state index contributed by atoms with van der Waals surface area (Å²) in [5, 5.41) is 0. The van der Waals surface area contributed by atoms with Crippen LogP contribution in [-0.2, 0) is 22.4 Å². The molecule has 40 heavy (non-hydrogen) atoms. The first-order valence-electron chi connectivity index (χ1n) is 14.0. The van der Waals surface area contributed by atoms with Crippen molar-refractivity contribution in [1.82, 2.24) is 9.30 Å². The summed E-state index contributed by atoms with van der Waals surface area (Å²) in [6.07, 6.45) is 4.23. The lowest BCUT2D eigenvalue weighted by Crippen LogP contribution is -2.38. The summed E-state index contributed by atoms with van der Waals surface area (Å²) in [7, 11) is 1.40. The van der Waals surface area contributed by atoms with E-state index in [-0.39, 0.29) is 29.7 Å². The molecule has 1 amide bonds. The minimum Gasteiger partial charge on any atom is -0.469 e. The van der Waals surface area contributed by atoms with Gasteiger partial charge in [0.1, 0.15) is 5.82 Å². The molecular formula is C33H34FN3O3. The maximum absolute atomic E-state index is 15.4. The molecular weight excluding hydrogens is 505 g/mol. The lowest BCUT2D eigenvalue weighted by molar-refractivity contribution is -0.144. The number of hydrogen-bond acceptors (Lipinski definition) is 4. The predicted molar refractivity (Wildman–Crippen MR) is 154 cm³/mol. The Kier molecular flexibility index (Phi) is 6.82. The van der Waals surface area contributed by atoms with E-state index in [1.54, 1.807) is 12.1 Å². The largest absolute Gasteiger partial charge is 0.469 e. The van der Waals surface area contributed by atoms with E-state index >= 15 is 4.39 Å². The van der Waals surface area contributed by atoms with Gasteiger partial charge in [0.15, 0.2) is 0 Å². The minimum absolute atomic E-state index is 0.00668. The number of aryl methyl sites for hydroxylation is 1. The molecule has 2 aliphatic heterocycles. The first kappa shape index (κ1) is 26.1. The summed E-state index contributed by atoms with van der Waals surface area (Å²) in [4.78, 5) is 29.6. The zero-order valence-electron chi connectivity index (χ0n) is 23.2. The van der Waals surface area contributed by atoms with Crippen LogP contribution in [0.5, 0.6) is 0 Å². The lowest BCUT2D eigenvalue weighted by atomic mass is 9.93. The number of ether oxygens (including phenoxy) is 1. The highest BCUT2D eigenvalue weighted by Gasteiger charge is 2.30. The molecule has 0 unspecified atom stereocenters. The van der Waals surface area contributed by atoms with Gasteiger partial charge in [-0.3, -0.25) is 9.59 Å². The number of carbonyl (C=O) groups is 2. The second kappa shape index (κ2) is 10.5. The first-order valence-corrected chi connectivity index (χ1v) is 14.0. The van der Waals surface area contributed by atoms with Crippen molar-refractivity contribution in [1.29, 1.82) is 0 Å². The van der Waals surface area contributed by atoms with E-state index in [2.05, 4.69) is 36.4 Å². The molecule has 0 radical (unpaired) electrons. The van der Waals surface area contributed by atoms with Gasteiger partial charge >= 0.3 is 5.97 Å². The van der Waals surface area contributed by atoms with E-state index < -0.39 is 0 Å². The first-order chi connectivity index (χ1) is 19.4. The molecule has 1 fully saturated rings. The molecule has 4 aromatic rings. The summed E-state index contributed by atoms with van der Waals surface area (Å²) in [6.45, 7) is 6.06. The topological polar surface area (TPSA) is 54.3 Å². The van der Waals surface area contributed by atoms with Crippen molar-refractivity contribution in [3.05, 3.63) is 95.1 Å². The van der Waals surface area contributed by atoms with Crippen LogP contribution >= 0.6 is 0 Å². The highest BCUT2D eigenvalue weighted by molar-refractivity contribution is 5.96. The summed E-state index contributed by atoms with van der Waals surface area (Å²) in [6, 6.07) is 19.4. The van der Waals surface area contributed by atoms with Gasteiger partial charge in [0, 0.05) is 59.4 Å². The Morgan fingerprint density at radius 2 is 1.88 bits per heavy atom. The number of anilines is 1. The van der Waals surface area contributed by atoms with Crippen LogP contribution < -0.4 is 4.90 Å². The summed E-state index contributed by atoms with van der Waals surface area (Å²) >= 11 is 0. The van der Waals surface area contributed by atoms with Gasteiger partial charge in [-0.25, -0.2) is 4.39 Å². The number of pyridine rings is 1. The Balaban J connectivity index is 1.28. The smallest absolute Gasteiger partial charge is 0.310 e. The zero-order chi connectivity index (χ0) is 28.0. The van der Waals surface area contributed by atoms with Crippen molar-refractivity contribution in [2.75, 3.05) is 31.6 Å². The third-order valence-electron chi connectivity index (χ3n) is 8.60. The van der Waals surface area contributed by atoms with Crippen LogP contribution in [-0.4, -0.2) is 47.9 Å². The van der Waals surface area contributed by atoms with Gasteiger partial charge in [0.05, 0.1) is 19.1 Å². The summed E-state index contributed by atoms with van der Waals surface area (Å²) in [5.41, 5.74) is 7.07. The molecule has 0 N–H and O–H groups in total. The fraction of sp³-hybridized carbons (Fsp3) is 0.333. The van der Waals surface area contributed by atoms with Crippen LogP contribution in [0.2, 0.25) is 0 Å². The fourth-order valence-corrected chi connectivity index (χ4v) is 6.34. The van der Waals surface area contributed by atoms with Gasteiger partial charge in [-0.2, -0.15) is 0 Å². The second-order valence-electron chi connectivity index (χ2n) is 10.9. The standard InChI is InChI=1S/C33H34FN3O3/c1-4-26-15-24(32(38)36-14-12-22-7-5-6-8-29(22)21(36)2)16-28-17-25(20-37(26)28)30-10-9-27(18-31(30)34)35-13-11-23(19-35)33(39)40-3/h5-10,15-18,20-21,23H,4,11-14,19H2,1-3H3/t21-,23+/m1/s1. The molecule has 4 heterocycles. The van der Waals surface area contributed by atoms with Crippen LogP contribution in [0.25, 0.3) is 16.6 Å². The third-order valence-corrected chi connectivity index (χ3v) is 8.60. The number of fused-ring (bicyclic) bond motifs is 2. The van der Waals surface area contributed by atoms with Gasteiger partial charge in [0.25, 0.3) is 5.91 Å². The highest BCUT2D eigenvalue weighted by Crippen LogP contribution is 2.34. The minimum atomic E-state index is -0.315. The van der Waals surface area contributed by atoms with Gasteiger partial charge in [-0.1, -0.05) is 31.2 Å². The summed E-state index contributed by atoms with van der Waals surface area (Å²) in [5.74, 6) is -0.695. The number of carbonyl (C=O) groups excluding carboxylic acids is 2.